The molecule has 1 heterocycles. The lowest BCUT2D eigenvalue weighted by Crippen LogP contribution is -2.18. The fourth-order valence-electron chi connectivity index (χ4n) is 1.69. The first-order valence-electron chi connectivity index (χ1n) is 5.70. The Balaban J connectivity index is 2.34. The molecule has 0 bridgehead atoms. The van der Waals surface area contributed by atoms with Gasteiger partial charge in [-0.3, -0.25) is 0 Å². The monoisotopic (exact) mass is 261 g/mol. The number of nitrogens with zero attached hydrogens (tertiary/aromatic N) is 3. The highest BCUT2D eigenvalue weighted by Crippen LogP contribution is 2.23. The molecular weight excluding hydrogens is 249 g/mol. The summed E-state index contributed by atoms with van der Waals surface area (Å²) in [4.78, 5) is 20.3. The van der Waals surface area contributed by atoms with E-state index in [0.29, 0.717) is 18.1 Å². The second-order valence-electron chi connectivity index (χ2n) is 3.79. The summed E-state index contributed by atoms with van der Waals surface area (Å²) >= 11 is 0. The fourth-order valence-corrected chi connectivity index (χ4v) is 1.69. The van der Waals surface area contributed by atoms with Gasteiger partial charge in [0.15, 0.2) is 11.5 Å². The van der Waals surface area contributed by atoms with Crippen LogP contribution in [0, 0.1) is 5.82 Å². The van der Waals surface area contributed by atoms with Gasteiger partial charge < -0.3 is 10.0 Å². The molecule has 1 aromatic heterocycles. The van der Waals surface area contributed by atoms with Gasteiger partial charge in [-0.05, 0) is 25.1 Å². The van der Waals surface area contributed by atoms with Crippen LogP contribution in [0.3, 0.4) is 0 Å². The number of hydrogen-bond donors (Lipinski definition) is 1. The van der Waals surface area contributed by atoms with Crippen LogP contribution in [-0.2, 0) is 0 Å². The maximum absolute atomic E-state index is 13.2. The predicted molar refractivity (Wildman–Crippen MR) is 68.1 cm³/mol. The third kappa shape index (κ3) is 2.85. The zero-order valence-electron chi connectivity index (χ0n) is 10.2. The summed E-state index contributed by atoms with van der Waals surface area (Å²) in [5.74, 6) is -1.00. The minimum absolute atomic E-state index is 0.126. The summed E-state index contributed by atoms with van der Waals surface area (Å²) in [5, 5.41) is 8.76. The van der Waals surface area contributed by atoms with Crippen molar-refractivity contribution < 1.29 is 14.3 Å². The Labute approximate surface area is 109 Å². The molecule has 5 nitrogen and oxygen atoms in total. The third-order valence-electron chi connectivity index (χ3n) is 2.57. The maximum atomic E-state index is 13.2. The highest BCUT2D eigenvalue weighted by molar-refractivity contribution is 5.85. The van der Waals surface area contributed by atoms with E-state index in [9.17, 15) is 9.18 Å². The smallest absolute Gasteiger partial charge is 0.356 e. The summed E-state index contributed by atoms with van der Waals surface area (Å²) in [5.41, 5.74) is 0.513. The van der Waals surface area contributed by atoms with Gasteiger partial charge in [0.2, 0.25) is 0 Å². The number of hydrogen-bond acceptors (Lipinski definition) is 4. The van der Waals surface area contributed by atoms with Crippen LogP contribution in [0.25, 0.3) is 0 Å². The average molecular weight is 261 g/mol. The zero-order chi connectivity index (χ0) is 13.8. The molecule has 0 saturated carbocycles. The van der Waals surface area contributed by atoms with Crippen LogP contribution >= 0.6 is 0 Å². The lowest BCUT2D eigenvalue weighted by atomic mass is 10.2. The fraction of sp³-hybridized carbons (Fsp3) is 0.154. The van der Waals surface area contributed by atoms with E-state index in [0.717, 1.165) is 0 Å². The molecule has 1 aromatic carbocycles. The molecule has 6 heteroatoms. The molecule has 0 unspecified atom stereocenters. The summed E-state index contributed by atoms with van der Waals surface area (Å²) in [6.45, 7) is 2.45. The standard InChI is InChI=1S/C13H12FN3O2/c1-2-17(10-5-3-4-9(14)6-10)12-8-15-11(7-16-12)13(18)19/h3-8H,2H2,1H3,(H,18,19). The van der Waals surface area contributed by atoms with E-state index < -0.39 is 5.97 Å². The number of aromatic nitrogens is 2. The Hall–Kier alpha value is -2.50. The Morgan fingerprint density at radius 3 is 2.68 bits per heavy atom. The van der Waals surface area contributed by atoms with Gasteiger partial charge in [-0.1, -0.05) is 6.07 Å². The number of anilines is 2. The molecule has 2 rings (SSSR count). The molecular formula is C13H12FN3O2. The molecule has 0 aliphatic heterocycles. The van der Waals surface area contributed by atoms with Crippen molar-refractivity contribution in [2.75, 3.05) is 11.4 Å². The van der Waals surface area contributed by atoms with Crippen molar-refractivity contribution in [3.05, 3.63) is 48.2 Å². The topological polar surface area (TPSA) is 66.3 Å². The molecule has 0 spiro atoms. The SMILES string of the molecule is CCN(c1cccc(F)c1)c1cnc(C(=O)O)cn1. The van der Waals surface area contributed by atoms with E-state index in [4.69, 9.17) is 5.11 Å². The first-order chi connectivity index (χ1) is 9.11. The molecule has 0 atom stereocenters. The van der Waals surface area contributed by atoms with Crippen LogP contribution in [0.2, 0.25) is 0 Å². The van der Waals surface area contributed by atoms with E-state index in [1.54, 1.807) is 17.0 Å². The van der Waals surface area contributed by atoms with Crippen LogP contribution in [0.4, 0.5) is 15.9 Å². The number of carboxylic acids is 1. The second kappa shape index (κ2) is 5.43. The second-order valence-corrected chi connectivity index (χ2v) is 3.79. The van der Waals surface area contributed by atoms with Crippen molar-refractivity contribution in [3.63, 3.8) is 0 Å². The summed E-state index contributed by atoms with van der Waals surface area (Å²) in [6.07, 6.45) is 2.54. The zero-order valence-corrected chi connectivity index (χ0v) is 10.2. The normalized spacial score (nSPS) is 10.2. The average Bonchev–Trinajstić information content (AvgIpc) is 2.40. The van der Waals surface area contributed by atoms with Gasteiger partial charge >= 0.3 is 5.97 Å². The van der Waals surface area contributed by atoms with Gasteiger partial charge in [-0.25, -0.2) is 19.2 Å². The molecule has 0 saturated heterocycles. The number of benzene rings is 1. The van der Waals surface area contributed by atoms with E-state index >= 15 is 0 Å². The molecule has 0 fully saturated rings. The molecule has 2 aromatic rings. The van der Waals surface area contributed by atoms with Crippen LogP contribution in [0.5, 0.6) is 0 Å². The van der Waals surface area contributed by atoms with Gasteiger partial charge in [-0.15, -0.1) is 0 Å². The molecule has 0 aliphatic rings. The largest absolute Gasteiger partial charge is 0.476 e. The summed E-state index contributed by atoms with van der Waals surface area (Å²) in [6, 6.07) is 6.10. The molecule has 19 heavy (non-hydrogen) atoms. The van der Waals surface area contributed by atoms with Gasteiger partial charge in [0.1, 0.15) is 5.82 Å². The highest BCUT2D eigenvalue weighted by atomic mass is 19.1. The molecule has 0 radical (unpaired) electrons. The summed E-state index contributed by atoms with van der Waals surface area (Å²) < 4.78 is 13.2. The van der Waals surface area contributed by atoms with Gasteiger partial charge in [-0.2, -0.15) is 0 Å². The number of halogens is 1. The summed E-state index contributed by atoms with van der Waals surface area (Å²) in [7, 11) is 0. The van der Waals surface area contributed by atoms with Gasteiger partial charge in [0, 0.05) is 12.2 Å². The highest BCUT2D eigenvalue weighted by Gasteiger charge is 2.11. The van der Waals surface area contributed by atoms with Gasteiger partial charge in [0.05, 0.1) is 12.4 Å². The van der Waals surface area contributed by atoms with Crippen molar-refractivity contribution in [1.29, 1.82) is 0 Å². The van der Waals surface area contributed by atoms with Crippen molar-refractivity contribution in [2.45, 2.75) is 6.92 Å². The Kier molecular flexibility index (Phi) is 3.70. The van der Waals surface area contributed by atoms with Crippen LogP contribution < -0.4 is 4.90 Å². The quantitative estimate of drug-likeness (QED) is 0.915. The first-order valence-corrected chi connectivity index (χ1v) is 5.70. The van der Waals surface area contributed by atoms with Crippen LogP contribution in [0.1, 0.15) is 17.4 Å². The molecule has 98 valence electrons. The van der Waals surface area contributed by atoms with E-state index in [-0.39, 0.29) is 11.5 Å². The number of carboxylic acid groups (broad SMARTS) is 1. The number of carbonyl (C=O) groups is 1. The first kappa shape index (κ1) is 12.9. The maximum Gasteiger partial charge on any atom is 0.356 e. The predicted octanol–water partition coefficient (Wildman–Crippen LogP) is 2.47. The number of rotatable bonds is 4. The third-order valence-corrected chi connectivity index (χ3v) is 2.57. The molecule has 1 N–H and O–H groups in total. The van der Waals surface area contributed by atoms with E-state index in [1.165, 1.54) is 24.5 Å². The minimum atomic E-state index is -1.13. The lowest BCUT2D eigenvalue weighted by molar-refractivity contribution is 0.0690. The van der Waals surface area contributed by atoms with Gasteiger partial charge in [0.25, 0.3) is 0 Å². The Morgan fingerprint density at radius 1 is 1.37 bits per heavy atom. The van der Waals surface area contributed by atoms with Crippen molar-refractivity contribution >= 4 is 17.5 Å². The van der Waals surface area contributed by atoms with E-state index in [2.05, 4.69) is 9.97 Å². The van der Waals surface area contributed by atoms with Crippen molar-refractivity contribution in [1.82, 2.24) is 9.97 Å². The van der Waals surface area contributed by atoms with E-state index in [1.807, 2.05) is 6.92 Å². The minimum Gasteiger partial charge on any atom is -0.476 e. The lowest BCUT2D eigenvalue weighted by Gasteiger charge is -2.21. The van der Waals surface area contributed by atoms with Crippen LogP contribution in [0.15, 0.2) is 36.7 Å². The molecule has 0 amide bonds. The van der Waals surface area contributed by atoms with Crippen molar-refractivity contribution in [2.24, 2.45) is 0 Å². The Morgan fingerprint density at radius 2 is 2.16 bits per heavy atom. The Bertz CT molecular complexity index is 587. The van der Waals surface area contributed by atoms with Crippen LogP contribution in [-0.4, -0.2) is 27.6 Å². The number of aromatic carboxylic acids is 1. The molecule has 0 aliphatic carbocycles. The van der Waals surface area contributed by atoms with Crippen molar-refractivity contribution in [3.8, 4) is 0 Å².